The maximum atomic E-state index is 12.6. The monoisotopic (exact) mass is 293 g/mol. The molecule has 2 rings (SSSR count). The summed E-state index contributed by atoms with van der Waals surface area (Å²) in [6.45, 7) is 2.07. The van der Waals surface area contributed by atoms with Crippen LogP contribution < -0.4 is 9.62 Å². The van der Waals surface area contributed by atoms with E-state index in [4.69, 9.17) is 0 Å². The summed E-state index contributed by atoms with van der Waals surface area (Å²) in [5.41, 5.74) is 0.556. The molecular weight excluding hydrogens is 278 g/mol. The van der Waals surface area contributed by atoms with Crippen molar-refractivity contribution < 1.29 is 8.42 Å². The number of sulfonamides is 1. The van der Waals surface area contributed by atoms with Crippen LogP contribution in [0.25, 0.3) is 0 Å². The van der Waals surface area contributed by atoms with Gasteiger partial charge < -0.3 is 5.32 Å². The molecule has 7 nitrogen and oxygen atoms in total. The smallest absolute Gasteiger partial charge is 0.267 e. The molecule has 106 valence electrons. The molecule has 20 heavy (non-hydrogen) atoms. The fourth-order valence-corrected chi connectivity index (χ4v) is 3.07. The molecule has 0 unspecified atom stereocenters. The highest BCUT2D eigenvalue weighted by Gasteiger charge is 2.24. The second-order valence-corrected chi connectivity index (χ2v) is 5.73. The predicted molar refractivity (Wildman–Crippen MR) is 76.0 cm³/mol. The number of hydrogen-bond donors (Lipinski definition) is 1. The van der Waals surface area contributed by atoms with Crippen molar-refractivity contribution in [3.05, 3.63) is 36.9 Å². The number of nitrogens with zero attached hydrogens (tertiary/aromatic N) is 4. The van der Waals surface area contributed by atoms with Gasteiger partial charge in [0.05, 0.1) is 18.1 Å². The highest BCUT2D eigenvalue weighted by atomic mass is 32.2. The molecule has 1 N–H and O–H groups in total. The molecule has 2 heterocycles. The molecule has 0 radical (unpaired) electrons. The Morgan fingerprint density at radius 3 is 2.30 bits per heavy atom. The van der Waals surface area contributed by atoms with Gasteiger partial charge in [-0.3, -0.25) is 9.29 Å². The third kappa shape index (κ3) is 2.69. The number of hydrogen-bond acceptors (Lipinski definition) is 6. The van der Waals surface area contributed by atoms with Gasteiger partial charge >= 0.3 is 0 Å². The van der Waals surface area contributed by atoms with Gasteiger partial charge in [0.2, 0.25) is 5.95 Å². The molecular formula is C12H15N5O2S. The third-order valence-electron chi connectivity index (χ3n) is 2.68. The van der Waals surface area contributed by atoms with Crippen molar-refractivity contribution in [2.75, 3.05) is 23.2 Å². The zero-order valence-electron chi connectivity index (χ0n) is 11.2. The van der Waals surface area contributed by atoms with Gasteiger partial charge in [-0.15, -0.1) is 0 Å². The largest absolute Gasteiger partial charge is 0.357 e. The van der Waals surface area contributed by atoms with Gasteiger partial charge in [0.1, 0.15) is 4.90 Å². The number of anilines is 2. The van der Waals surface area contributed by atoms with Crippen molar-refractivity contribution >= 4 is 21.7 Å². The fraction of sp³-hybridized carbons (Fsp3) is 0.250. The van der Waals surface area contributed by atoms with Crippen LogP contribution in [0.15, 0.2) is 41.8 Å². The summed E-state index contributed by atoms with van der Waals surface area (Å²) in [4.78, 5) is 11.8. The van der Waals surface area contributed by atoms with Gasteiger partial charge in [-0.2, -0.15) is 0 Å². The topological polar surface area (TPSA) is 88.1 Å². The molecule has 0 aliphatic heterocycles. The molecule has 0 fully saturated rings. The molecule has 0 bridgehead atoms. The van der Waals surface area contributed by atoms with Gasteiger partial charge in [-0.1, -0.05) is 0 Å². The quantitative estimate of drug-likeness (QED) is 0.889. The molecule has 2 aromatic heterocycles. The van der Waals surface area contributed by atoms with E-state index in [9.17, 15) is 8.42 Å². The zero-order chi connectivity index (χ0) is 14.6. The lowest BCUT2D eigenvalue weighted by Crippen LogP contribution is -2.31. The van der Waals surface area contributed by atoms with Crippen molar-refractivity contribution in [2.45, 2.75) is 11.8 Å². The number of rotatable bonds is 5. The van der Waals surface area contributed by atoms with Crippen molar-refractivity contribution in [3.8, 4) is 0 Å². The van der Waals surface area contributed by atoms with Crippen LogP contribution >= 0.6 is 0 Å². The first kappa shape index (κ1) is 14.2. The van der Waals surface area contributed by atoms with E-state index in [1.807, 2.05) is 0 Å². The second-order valence-electron chi connectivity index (χ2n) is 3.87. The summed E-state index contributed by atoms with van der Waals surface area (Å²) in [5.74, 6) is 0.371. The summed E-state index contributed by atoms with van der Waals surface area (Å²) < 4.78 is 26.4. The first-order valence-electron chi connectivity index (χ1n) is 6.02. The van der Waals surface area contributed by atoms with Crippen molar-refractivity contribution in [1.29, 1.82) is 0 Å². The molecule has 0 spiro atoms. The third-order valence-corrected chi connectivity index (χ3v) is 4.53. The Kier molecular flexibility index (Phi) is 4.14. The predicted octanol–water partition coefficient (Wildman–Crippen LogP) is 1.13. The molecule has 0 atom stereocenters. The van der Waals surface area contributed by atoms with E-state index in [0.29, 0.717) is 18.2 Å². The van der Waals surface area contributed by atoms with Crippen LogP contribution in [-0.4, -0.2) is 37.0 Å². The van der Waals surface area contributed by atoms with E-state index in [2.05, 4.69) is 20.3 Å². The Balaban J connectivity index is 2.41. The van der Waals surface area contributed by atoms with Crippen LogP contribution in [0.1, 0.15) is 6.92 Å². The SMILES string of the molecule is CCN(c1ccncc1)S(=O)(=O)c1cnc(NC)nc1. The lowest BCUT2D eigenvalue weighted by Gasteiger charge is -2.22. The summed E-state index contributed by atoms with van der Waals surface area (Å²) in [7, 11) is -2.01. The molecule has 0 saturated carbocycles. The zero-order valence-corrected chi connectivity index (χ0v) is 12.0. The van der Waals surface area contributed by atoms with Crippen molar-refractivity contribution in [1.82, 2.24) is 15.0 Å². The fourth-order valence-electron chi connectivity index (χ4n) is 1.71. The summed E-state index contributed by atoms with van der Waals surface area (Å²) in [5, 5.41) is 2.74. The molecule has 0 aliphatic carbocycles. The Bertz CT molecular complexity index is 658. The van der Waals surface area contributed by atoms with Gasteiger partial charge in [0, 0.05) is 26.0 Å². The molecule has 0 amide bonds. The summed E-state index contributed by atoms with van der Waals surface area (Å²) >= 11 is 0. The van der Waals surface area contributed by atoms with E-state index in [-0.39, 0.29) is 4.90 Å². The van der Waals surface area contributed by atoms with Crippen LogP contribution in [0.2, 0.25) is 0 Å². The van der Waals surface area contributed by atoms with Gasteiger partial charge in [-0.05, 0) is 19.1 Å². The molecule has 2 aromatic rings. The van der Waals surface area contributed by atoms with E-state index in [1.54, 1.807) is 38.5 Å². The Morgan fingerprint density at radius 2 is 1.80 bits per heavy atom. The Morgan fingerprint density at radius 1 is 1.20 bits per heavy atom. The van der Waals surface area contributed by atoms with Gasteiger partial charge in [-0.25, -0.2) is 18.4 Å². The van der Waals surface area contributed by atoms with E-state index >= 15 is 0 Å². The van der Waals surface area contributed by atoms with Gasteiger partial charge in [0.15, 0.2) is 0 Å². The first-order valence-corrected chi connectivity index (χ1v) is 7.46. The summed E-state index contributed by atoms with van der Waals surface area (Å²) in [6.07, 6.45) is 5.68. The highest BCUT2D eigenvalue weighted by molar-refractivity contribution is 7.92. The molecule has 8 heteroatoms. The molecule has 0 aromatic carbocycles. The number of pyridine rings is 1. The minimum absolute atomic E-state index is 0.0511. The number of nitrogens with one attached hydrogen (secondary N) is 1. The number of aromatic nitrogens is 3. The minimum Gasteiger partial charge on any atom is -0.357 e. The van der Waals surface area contributed by atoms with Crippen LogP contribution in [0.3, 0.4) is 0 Å². The van der Waals surface area contributed by atoms with Crippen molar-refractivity contribution in [3.63, 3.8) is 0 Å². The molecule has 0 saturated heterocycles. The van der Waals surface area contributed by atoms with Crippen LogP contribution in [0.4, 0.5) is 11.6 Å². The van der Waals surface area contributed by atoms with E-state index < -0.39 is 10.0 Å². The second kappa shape index (κ2) is 5.83. The Hall–Kier alpha value is -2.22. The molecule has 0 aliphatic rings. The van der Waals surface area contributed by atoms with Gasteiger partial charge in [0.25, 0.3) is 10.0 Å². The highest BCUT2D eigenvalue weighted by Crippen LogP contribution is 2.21. The lowest BCUT2D eigenvalue weighted by molar-refractivity contribution is 0.591. The van der Waals surface area contributed by atoms with Crippen LogP contribution in [-0.2, 0) is 10.0 Å². The maximum absolute atomic E-state index is 12.6. The minimum atomic E-state index is -3.68. The average Bonchev–Trinajstić information content (AvgIpc) is 2.49. The van der Waals surface area contributed by atoms with Crippen LogP contribution in [0, 0.1) is 0 Å². The standard InChI is InChI=1S/C12H15N5O2S/c1-3-17(10-4-6-14-7-5-10)20(18,19)11-8-15-12(13-2)16-9-11/h4-9H,3H2,1-2H3,(H,13,15,16). The van der Waals surface area contributed by atoms with E-state index in [1.165, 1.54) is 16.7 Å². The van der Waals surface area contributed by atoms with Crippen LogP contribution in [0.5, 0.6) is 0 Å². The van der Waals surface area contributed by atoms with Crippen molar-refractivity contribution in [2.24, 2.45) is 0 Å². The average molecular weight is 293 g/mol. The summed E-state index contributed by atoms with van der Waals surface area (Å²) in [6, 6.07) is 3.29. The first-order chi connectivity index (χ1) is 9.59. The lowest BCUT2D eigenvalue weighted by atomic mass is 10.4. The Labute approximate surface area is 117 Å². The normalized spacial score (nSPS) is 11.1. The van der Waals surface area contributed by atoms with E-state index in [0.717, 1.165) is 0 Å². The maximum Gasteiger partial charge on any atom is 0.267 e.